The first-order valence-electron chi connectivity index (χ1n) is 9.31. The summed E-state index contributed by atoms with van der Waals surface area (Å²) in [5.41, 5.74) is 2.89. The summed E-state index contributed by atoms with van der Waals surface area (Å²) >= 11 is 1.65. The Morgan fingerprint density at radius 1 is 1.38 bits per heavy atom. The maximum Gasteiger partial charge on any atom is 0.264 e. The summed E-state index contributed by atoms with van der Waals surface area (Å²) in [6.45, 7) is 8.47. The molecule has 0 saturated heterocycles. The van der Waals surface area contributed by atoms with Crippen molar-refractivity contribution >= 4 is 22.4 Å². The van der Waals surface area contributed by atoms with Gasteiger partial charge < -0.3 is 4.74 Å². The second-order valence-electron chi connectivity index (χ2n) is 7.11. The van der Waals surface area contributed by atoms with Gasteiger partial charge in [-0.3, -0.25) is 9.69 Å². The fraction of sp³-hybridized carbons (Fsp3) is 0.429. The molecule has 1 amide bonds. The molecule has 5 heteroatoms. The van der Waals surface area contributed by atoms with Crippen LogP contribution in [0.2, 0.25) is 0 Å². The van der Waals surface area contributed by atoms with Gasteiger partial charge in [0.2, 0.25) is 0 Å². The van der Waals surface area contributed by atoms with Gasteiger partial charge in [0, 0.05) is 22.9 Å². The van der Waals surface area contributed by atoms with Crippen LogP contribution in [-0.4, -0.2) is 23.5 Å². The van der Waals surface area contributed by atoms with Crippen LogP contribution in [0.5, 0.6) is 5.75 Å². The number of rotatable bonds is 4. The van der Waals surface area contributed by atoms with Gasteiger partial charge >= 0.3 is 0 Å². The Balaban J connectivity index is 1.71. The topological polar surface area (TPSA) is 42.4 Å². The third kappa shape index (κ3) is 2.84. The summed E-state index contributed by atoms with van der Waals surface area (Å²) in [6, 6.07) is 5.86. The van der Waals surface area contributed by atoms with E-state index in [0.717, 1.165) is 35.0 Å². The SMILES string of the molecule is C=CCN(C(=O)c1cccc2c1OC(C)C2C)c1nc2c(s1)CCCC2. The van der Waals surface area contributed by atoms with Crippen molar-refractivity contribution in [3.8, 4) is 5.75 Å². The molecule has 0 spiro atoms. The Labute approximate surface area is 158 Å². The number of hydrogen-bond acceptors (Lipinski definition) is 4. The molecule has 2 unspecified atom stereocenters. The standard InChI is InChI=1S/C21H24N2O2S/c1-4-12-23(21-22-17-10-5-6-11-18(17)26-21)20(24)16-9-7-8-15-13(2)14(3)25-19(15)16/h4,7-9,13-14H,1,5-6,10-12H2,2-3H3. The van der Waals surface area contributed by atoms with E-state index in [0.29, 0.717) is 12.1 Å². The maximum atomic E-state index is 13.4. The molecule has 1 aromatic heterocycles. The van der Waals surface area contributed by atoms with Crippen molar-refractivity contribution in [2.75, 3.05) is 11.4 Å². The number of anilines is 1. The van der Waals surface area contributed by atoms with Crippen molar-refractivity contribution in [1.82, 2.24) is 4.98 Å². The van der Waals surface area contributed by atoms with Crippen molar-refractivity contribution < 1.29 is 9.53 Å². The third-order valence-electron chi connectivity index (χ3n) is 5.40. The zero-order valence-corrected chi connectivity index (χ0v) is 16.1. The van der Waals surface area contributed by atoms with E-state index >= 15 is 0 Å². The molecule has 0 bridgehead atoms. The Hall–Kier alpha value is -2.14. The number of ether oxygens (including phenoxy) is 1. The summed E-state index contributed by atoms with van der Waals surface area (Å²) < 4.78 is 6.03. The average molecular weight is 369 g/mol. The number of hydrogen-bond donors (Lipinski definition) is 0. The fourth-order valence-electron chi connectivity index (χ4n) is 3.73. The zero-order chi connectivity index (χ0) is 18.3. The highest BCUT2D eigenvalue weighted by molar-refractivity contribution is 7.16. The van der Waals surface area contributed by atoms with Gasteiger partial charge in [-0.05, 0) is 38.7 Å². The largest absolute Gasteiger partial charge is 0.489 e. The summed E-state index contributed by atoms with van der Waals surface area (Å²) in [5, 5.41) is 0.776. The lowest BCUT2D eigenvalue weighted by Crippen LogP contribution is -2.31. The molecule has 1 aromatic carbocycles. The molecule has 4 rings (SSSR count). The first-order valence-corrected chi connectivity index (χ1v) is 10.1. The summed E-state index contributed by atoms with van der Waals surface area (Å²) in [6.07, 6.45) is 6.32. The minimum atomic E-state index is -0.0610. The molecule has 0 saturated carbocycles. The normalized spacial score (nSPS) is 20.8. The molecular formula is C21H24N2O2S. The molecule has 26 heavy (non-hydrogen) atoms. The number of amides is 1. The van der Waals surface area contributed by atoms with Crippen molar-refractivity contribution in [3.63, 3.8) is 0 Å². The minimum Gasteiger partial charge on any atom is -0.489 e. The van der Waals surface area contributed by atoms with Crippen molar-refractivity contribution in [3.05, 3.63) is 52.6 Å². The van der Waals surface area contributed by atoms with E-state index in [-0.39, 0.29) is 17.9 Å². The zero-order valence-electron chi connectivity index (χ0n) is 15.3. The first kappa shape index (κ1) is 17.3. The van der Waals surface area contributed by atoms with Gasteiger partial charge in [-0.1, -0.05) is 25.1 Å². The molecule has 0 fully saturated rings. The van der Waals surface area contributed by atoms with E-state index in [1.165, 1.54) is 17.7 Å². The van der Waals surface area contributed by atoms with Gasteiger partial charge in [0.15, 0.2) is 5.13 Å². The second kappa shape index (κ2) is 6.88. The highest BCUT2D eigenvalue weighted by Gasteiger charge is 2.33. The summed E-state index contributed by atoms with van der Waals surface area (Å²) in [7, 11) is 0. The Kier molecular flexibility index (Phi) is 4.57. The lowest BCUT2D eigenvalue weighted by molar-refractivity contribution is 0.0984. The number of fused-ring (bicyclic) bond motifs is 2. The van der Waals surface area contributed by atoms with Crippen LogP contribution in [0.1, 0.15) is 59.1 Å². The van der Waals surface area contributed by atoms with Gasteiger partial charge in [-0.25, -0.2) is 4.98 Å². The lowest BCUT2D eigenvalue weighted by Gasteiger charge is -2.19. The molecule has 1 aliphatic heterocycles. The molecule has 0 radical (unpaired) electrons. The van der Waals surface area contributed by atoms with Crippen molar-refractivity contribution in [2.45, 2.75) is 51.6 Å². The van der Waals surface area contributed by atoms with Gasteiger partial charge in [-0.2, -0.15) is 0 Å². The predicted molar refractivity (Wildman–Crippen MR) is 106 cm³/mol. The van der Waals surface area contributed by atoms with E-state index < -0.39 is 0 Å². The van der Waals surface area contributed by atoms with Gasteiger partial charge in [0.05, 0.1) is 11.3 Å². The lowest BCUT2D eigenvalue weighted by atomic mass is 9.96. The molecular weight excluding hydrogens is 344 g/mol. The van der Waals surface area contributed by atoms with Gasteiger partial charge in [-0.15, -0.1) is 17.9 Å². The number of para-hydroxylation sites is 1. The smallest absolute Gasteiger partial charge is 0.264 e. The quantitative estimate of drug-likeness (QED) is 0.732. The highest BCUT2D eigenvalue weighted by Crippen LogP contribution is 2.41. The molecule has 2 heterocycles. The van der Waals surface area contributed by atoms with Crippen LogP contribution in [0.25, 0.3) is 0 Å². The first-order chi connectivity index (χ1) is 12.6. The van der Waals surface area contributed by atoms with Crippen LogP contribution in [0.15, 0.2) is 30.9 Å². The van der Waals surface area contributed by atoms with Crippen molar-refractivity contribution in [2.24, 2.45) is 0 Å². The third-order valence-corrected chi connectivity index (χ3v) is 6.58. The van der Waals surface area contributed by atoms with E-state index in [2.05, 4.69) is 26.5 Å². The maximum absolute atomic E-state index is 13.4. The Morgan fingerprint density at radius 3 is 2.96 bits per heavy atom. The monoisotopic (exact) mass is 368 g/mol. The second-order valence-corrected chi connectivity index (χ2v) is 8.18. The fourth-order valence-corrected chi connectivity index (χ4v) is 4.89. The average Bonchev–Trinajstić information content (AvgIpc) is 3.20. The van der Waals surface area contributed by atoms with Crippen LogP contribution >= 0.6 is 11.3 Å². The number of aromatic nitrogens is 1. The Bertz CT molecular complexity index is 834. The van der Waals surface area contributed by atoms with Crippen LogP contribution in [0.3, 0.4) is 0 Å². The number of benzene rings is 1. The van der Waals surface area contributed by atoms with Crippen molar-refractivity contribution in [1.29, 1.82) is 0 Å². The molecule has 4 nitrogen and oxygen atoms in total. The molecule has 2 aliphatic rings. The van der Waals surface area contributed by atoms with E-state index in [1.54, 1.807) is 22.3 Å². The minimum absolute atomic E-state index is 0.0610. The number of carbonyl (C=O) groups is 1. The molecule has 0 N–H and O–H groups in total. The summed E-state index contributed by atoms with van der Waals surface area (Å²) in [4.78, 5) is 21.2. The molecule has 2 aromatic rings. The van der Waals surface area contributed by atoms with E-state index in [4.69, 9.17) is 9.72 Å². The van der Waals surface area contributed by atoms with Crippen LogP contribution in [-0.2, 0) is 12.8 Å². The van der Waals surface area contributed by atoms with Gasteiger partial charge in [0.1, 0.15) is 11.9 Å². The number of carbonyl (C=O) groups excluding carboxylic acids is 1. The predicted octanol–water partition coefficient (Wildman–Crippen LogP) is 4.74. The highest BCUT2D eigenvalue weighted by atomic mass is 32.1. The molecule has 1 aliphatic carbocycles. The Morgan fingerprint density at radius 2 is 2.19 bits per heavy atom. The summed E-state index contributed by atoms with van der Waals surface area (Å²) in [5.74, 6) is 0.958. The van der Waals surface area contributed by atoms with Crippen LogP contribution in [0, 0.1) is 0 Å². The number of aryl methyl sites for hydroxylation is 2. The van der Waals surface area contributed by atoms with E-state index in [9.17, 15) is 4.79 Å². The van der Waals surface area contributed by atoms with E-state index in [1.807, 2.05) is 12.1 Å². The number of thiazole rings is 1. The number of nitrogens with zero attached hydrogens (tertiary/aromatic N) is 2. The molecule has 2 atom stereocenters. The molecule has 136 valence electrons. The van der Waals surface area contributed by atoms with Gasteiger partial charge in [0.25, 0.3) is 5.91 Å². The van der Waals surface area contributed by atoms with Crippen LogP contribution in [0.4, 0.5) is 5.13 Å². The van der Waals surface area contributed by atoms with Crippen LogP contribution < -0.4 is 9.64 Å².